The van der Waals surface area contributed by atoms with Gasteiger partial charge in [-0.15, -0.1) is 0 Å². The summed E-state index contributed by atoms with van der Waals surface area (Å²) in [5.41, 5.74) is -1.37. The Kier molecular flexibility index (Phi) is 4.56. The molecule has 0 heterocycles. The smallest absolute Gasteiger partial charge is 0.334 e. The molecule has 2 N–H and O–H groups in total. The molecule has 0 saturated carbocycles. The lowest BCUT2D eigenvalue weighted by atomic mass is 9.93. The molecule has 2 atom stereocenters. The third-order valence-electron chi connectivity index (χ3n) is 2.10. The van der Waals surface area contributed by atoms with Crippen LogP contribution in [0.2, 0.25) is 0 Å². The van der Waals surface area contributed by atoms with E-state index >= 15 is 0 Å². The van der Waals surface area contributed by atoms with Gasteiger partial charge in [-0.1, -0.05) is 6.92 Å². The van der Waals surface area contributed by atoms with Crippen LogP contribution >= 0.6 is 0 Å². The van der Waals surface area contributed by atoms with Crippen molar-refractivity contribution in [2.75, 3.05) is 7.11 Å². The molecule has 5 heteroatoms. The molecule has 0 spiro atoms. The number of ether oxygens (including phenoxy) is 1. The van der Waals surface area contributed by atoms with Gasteiger partial charge in [0.15, 0.2) is 5.54 Å². The third-order valence-corrected chi connectivity index (χ3v) is 2.10. The molecular weight excluding hydrogens is 186 g/mol. The summed E-state index contributed by atoms with van der Waals surface area (Å²) in [6, 6.07) is 0. The SMILES string of the molecule is CC[C@H](O)[C@](C)(NC(C)=O)C(=O)OC. The first-order chi connectivity index (χ1) is 6.38. The number of amides is 1. The highest BCUT2D eigenvalue weighted by molar-refractivity contribution is 5.87. The van der Waals surface area contributed by atoms with Crippen LogP contribution in [0.4, 0.5) is 0 Å². The summed E-state index contributed by atoms with van der Waals surface area (Å²) in [7, 11) is 1.21. The predicted octanol–water partition coefficient (Wildman–Crippen LogP) is -0.175. The van der Waals surface area contributed by atoms with E-state index in [4.69, 9.17) is 0 Å². The van der Waals surface area contributed by atoms with Gasteiger partial charge in [0, 0.05) is 6.92 Å². The molecule has 0 saturated heterocycles. The van der Waals surface area contributed by atoms with Crippen LogP contribution in [0.5, 0.6) is 0 Å². The number of aliphatic hydroxyl groups excluding tert-OH is 1. The molecule has 0 rings (SSSR count). The fourth-order valence-electron chi connectivity index (χ4n) is 1.26. The molecule has 0 aromatic heterocycles. The van der Waals surface area contributed by atoms with Crippen LogP contribution in [0.3, 0.4) is 0 Å². The zero-order chi connectivity index (χ0) is 11.4. The predicted molar refractivity (Wildman–Crippen MR) is 50.5 cm³/mol. The number of methoxy groups -OCH3 is 1. The number of nitrogens with one attached hydrogen (secondary N) is 1. The van der Waals surface area contributed by atoms with E-state index < -0.39 is 17.6 Å². The van der Waals surface area contributed by atoms with E-state index in [1.807, 2.05) is 0 Å². The maximum absolute atomic E-state index is 11.4. The Hall–Kier alpha value is -1.10. The molecule has 0 bridgehead atoms. The summed E-state index contributed by atoms with van der Waals surface area (Å²) in [4.78, 5) is 22.2. The number of hydrogen-bond donors (Lipinski definition) is 2. The summed E-state index contributed by atoms with van der Waals surface area (Å²) in [6.45, 7) is 4.44. The zero-order valence-electron chi connectivity index (χ0n) is 8.96. The van der Waals surface area contributed by atoms with Crippen LogP contribution < -0.4 is 5.32 Å². The topological polar surface area (TPSA) is 75.6 Å². The summed E-state index contributed by atoms with van der Waals surface area (Å²) in [5, 5.41) is 12.0. The fourth-order valence-corrected chi connectivity index (χ4v) is 1.26. The molecule has 0 aliphatic heterocycles. The molecule has 82 valence electrons. The first-order valence-corrected chi connectivity index (χ1v) is 4.43. The Balaban J connectivity index is 4.83. The minimum Gasteiger partial charge on any atom is -0.467 e. The molecule has 0 aliphatic rings. The molecule has 0 aliphatic carbocycles. The second-order valence-corrected chi connectivity index (χ2v) is 3.30. The van der Waals surface area contributed by atoms with E-state index in [0.29, 0.717) is 6.42 Å². The van der Waals surface area contributed by atoms with Crippen LogP contribution in [0, 0.1) is 0 Å². The van der Waals surface area contributed by atoms with Gasteiger partial charge >= 0.3 is 5.97 Å². The highest BCUT2D eigenvalue weighted by atomic mass is 16.5. The van der Waals surface area contributed by atoms with Gasteiger partial charge in [0.2, 0.25) is 5.91 Å². The van der Waals surface area contributed by atoms with Crippen molar-refractivity contribution < 1.29 is 19.4 Å². The van der Waals surface area contributed by atoms with Crippen LogP contribution in [0.25, 0.3) is 0 Å². The van der Waals surface area contributed by atoms with Crippen molar-refractivity contribution in [2.45, 2.75) is 38.8 Å². The summed E-state index contributed by atoms with van der Waals surface area (Å²) < 4.78 is 4.53. The monoisotopic (exact) mass is 203 g/mol. The Labute approximate surface area is 83.4 Å². The molecule has 14 heavy (non-hydrogen) atoms. The van der Waals surface area contributed by atoms with E-state index in [1.54, 1.807) is 6.92 Å². The lowest BCUT2D eigenvalue weighted by Crippen LogP contribution is -2.59. The summed E-state index contributed by atoms with van der Waals surface area (Å²) >= 11 is 0. The van der Waals surface area contributed by atoms with Gasteiger partial charge in [0.25, 0.3) is 0 Å². The second kappa shape index (κ2) is 4.95. The van der Waals surface area contributed by atoms with E-state index in [1.165, 1.54) is 21.0 Å². The van der Waals surface area contributed by atoms with Crippen molar-refractivity contribution >= 4 is 11.9 Å². The lowest BCUT2D eigenvalue weighted by Gasteiger charge is -2.31. The lowest BCUT2D eigenvalue weighted by molar-refractivity contribution is -0.155. The first kappa shape index (κ1) is 12.9. The van der Waals surface area contributed by atoms with Gasteiger partial charge in [-0.3, -0.25) is 4.79 Å². The van der Waals surface area contributed by atoms with Gasteiger partial charge in [-0.05, 0) is 13.3 Å². The largest absolute Gasteiger partial charge is 0.467 e. The van der Waals surface area contributed by atoms with Crippen LogP contribution in [-0.2, 0) is 14.3 Å². The number of carbonyl (C=O) groups is 2. The molecule has 0 unspecified atom stereocenters. The Morgan fingerprint density at radius 2 is 2.07 bits per heavy atom. The molecule has 0 aromatic carbocycles. The third kappa shape index (κ3) is 2.70. The van der Waals surface area contributed by atoms with Crippen molar-refractivity contribution in [1.29, 1.82) is 0 Å². The number of carbonyl (C=O) groups excluding carboxylic acids is 2. The molecule has 5 nitrogen and oxygen atoms in total. The van der Waals surface area contributed by atoms with Crippen LogP contribution in [0.1, 0.15) is 27.2 Å². The molecule has 1 amide bonds. The Morgan fingerprint density at radius 1 is 1.57 bits per heavy atom. The van der Waals surface area contributed by atoms with E-state index in [-0.39, 0.29) is 5.91 Å². The quantitative estimate of drug-likeness (QED) is 0.622. The van der Waals surface area contributed by atoms with Gasteiger partial charge in [-0.25, -0.2) is 4.79 Å². The number of aliphatic hydroxyl groups is 1. The van der Waals surface area contributed by atoms with Crippen molar-refractivity contribution in [3.8, 4) is 0 Å². The van der Waals surface area contributed by atoms with Gasteiger partial charge < -0.3 is 15.2 Å². The maximum atomic E-state index is 11.4. The molecule has 0 fully saturated rings. The molecule has 0 radical (unpaired) electrons. The highest BCUT2D eigenvalue weighted by Gasteiger charge is 2.41. The second-order valence-electron chi connectivity index (χ2n) is 3.30. The Morgan fingerprint density at radius 3 is 2.36 bits per heavy atom. The Bertz CT molecular complexity index is 229. The minimum absolute atomic E-state index is 0.353. The van der Waals surface area contributed by atoms with E-state index in [0.717, 1.165) is 0 Å². The van der Waals surface area contributed by atoms with Gasteiger partial charge in [-0.2, -0.15) is 0 Å². The van der Waals surface area contributed by atoms with Crippen LogP contribution in [-0.4, -0.2) is 35.7 Å². The normalized spacial score (nSPS) is 16.6. The average molecular weight is 203 g/mol. The highest BCUT2D eigenvalue weighted by Crippen LogP contribution is 2.15. The standard InChI is InChI=1S/C9H17NO4/c1-5-7(12)9(3,8(13)14-4)10-6(2)11/h7,12H,5H2,1-4H3,(H,10,11)/t7-,9-/m0/s1. The van der Waals surface area contributed by atoms with Crippen LogP contribution in [0.15, 0.2) is 0 Å². The minimum atomic E-state index is -1.37. The summed E-state index contributed by atoms with van der Waals surface area (Å²) in [5.74, 6) is -1.03. The first-order valence-electron chi connectivity index (χ1n) is 4.43. The molecular formula is C9H17NO4. The van der Waals surface area contributed by atoms with Crippen molar-refractivity contribution in [1.82, 2.24) is 5.32 Å². The number of hydrogen-bond acceptors (Lipinski definition) is 4. The van der Waals surface area contributed by atoms with Crippen molar-refractivity contribution in [2.24, 2.45) is 0 Å². The fraction of sp³-hybridized carbons (Fsp3) is 0.778. The van der Waals surface area contributed by atoms with E-state index in [9.17, 15) is 14.7 Å². The van der Waals surface area contributed by atoms with Gasteiger partial charge in [0.05, 0.1) is 13.2 Å². The summed E-state index contributed by atoms with van der Waals surface area (Å²) in [6.07, 6.45) is -0.606. The number of rotatable bonds is 4. The number of esters is 1. The van der Waals surface area contributed by atoms with E-state index in [2.05, 4.69) is 10.1 Å². The maximum Gasteiger partial charge on any atom is 0.334 e. The van der Waals surface area contributed by atoms with Crippen molar-refractivity contribution in [3.63, 3.8) is 0 Å². The zero-order valence-corrected chi connectivity index (χ0v) is 8.96. The van der Waals surface area contributed by atoms with Crippen molar-refractivity contribution in [3.05, 3.63) is 0 Å². The average Bonchev–Trinajstić information content (AvgIpc) is 2.13. The van der Waals surface area contributed by atoms with Gasteiger partial charge in [0.1, 0.15) is 0 Å². The molecule has 0 aromatic rings.